The Hall–Kier alpha value is -4.03. The Labute approximate surface area is 486 Å². The van der Waals surface area contributed by atoms with Crippen molar-refractivity contribution in [1.29, 1.82) is 0 Å². The summed E-state index contributed by atoms with van der Waals surface area (Å²) in [6.07, 6.45) is 18.8. The predicted octanol–water partition coefficient (Wildman–Crippen LogP) is 10.9. The van der Waals surface area contributed by atoms with Crippen LogP contribution in [-0.4, -0.2) is 158 Å². The summed E-state index contributed by atoms with van der Waals surface area (Å²) >= 11 is 0. The summed E-state index contributed by atoms with van der Waals surface area (Å²) < 4.78 is 48.0. The van der Waals surface area contributed by atoms with Crippen LogP contribution in [0.1, 0.15) is 202 Å². The smallest absolute Gasteiger partial charge is 0.466 e. The number of carbonyl (C=O) groups excluding carboxylic acids is 7. The van der Waals surface area contributed by atoms with Crippen LogP contribution in [-0.2, 0) is 71.4 Å². The number of rotatable bonds is 41. The molecule has 0 bridgehead atoms. The van der Waals surface area contributed by atoms with Crippen molar-refractivity contribution in [3.05, 3.63) is 0 Å². The average molecular weight is 1150 g/mol. The number of methoxy groups -OCH3 is 1. The molecule has 6 unspecified atom stereocenters. The summed E-state index contributed by atoms with van der Waals surface area (Å²) in [5.74, 6) is 3.11. The van der Waals surface area contributed by atoms with Gasteiger partial charge >= 0.3 is 42.0 Å². The van der Waals surface area contributed by atoms with Gasteiger partial charge in [0.2, 0.25) is 0 Å². The molecule has 0 aromatic rings. The number of nitrogens with zero attached hydrogens (tertiary/aromatic N) is 2. The van der Waals surface area contributed by atoms with Gasteiger partial charge in [0.25, 0.3) is 0 Å². The van der Waals surface area contributed by atoms with Crippen molar-refractivity contribution >= 4 is 42.0 Å². The van der Waals surface area contributed by atoms with E-state index in [2.05, 4.69) is 34.6 Å². The minimum absolute atomic E-state index is 0.0536. The predicted molar refractivity (Wildman–Crippen MR) is 307 cm³/mol. The molecule has 0 aromatic carbocycles. The van der Waals surface area contributed by atoms with Gasteiger partial charge in [-0.2, -0.15) is 0 Å². The number of esters is 6. The third kappa shape index (κ3) is 25.4. The van der Waals surface area contributed by atoms with E-state index in [-0.39, 0.29) is 114 Å². The van der Waals surface area contributed by atoms with Crippen LogP contribution < -0.4 is 0 Å². The Bertz CT molecular complexity index is 1880. The van der Waals surface area contributed by atoms with Gasteiger partial charge in [-0.1, -0.05) is 60.8 Å². The molecule has 4 saturated carbocycles. The molecule has 4 aliphatic carbocycles. The summed E-state index contributed by atoms with van der Waals surface area (Å²) in [5.41, 5.74) is 0.760. The van der Waals surface area contributed by atoms with Crippen molar-refractivity contribution in [2.45, 2.75) is 208 Å². The molecule has 0 aromatic heterocycles. The highest BCUT2D eigenvalue weighted by Crippen LogP contribution is 2.68. The second kappa shape index (κ2) is 38.0. The van der Waals surface area contributed by atoms with E-state index in [1.807, 2.05) is 23.8 Å². The fraction of sp³-hybridized carbons (Fsp3) is 0.889. The van der Waals surface area contributed by atoms with Gasteiger partial charge in [0, 0.05) is 46.3 Å². The lowest BCUT2D eigenvalue weighted by Crippen LogP contribution is -2.54. The number of ether oxygens (including phenoxy) is 9. The Balaban J connectivity index is 1.11. The molecule has 0 radical (unpaired) electrons. The largest absolute Gasteiger partial charge is 0.508 e. The average Bonchev–Trinajstić information content (AvgIpc) is 4.07. The zero-order chi connectivity index (χ0) is 59.0. The monoisotopic (exact) mass is 1150 g/mol. The van der Waals surface area contributed by atoms with E-state index in [0.717, 1.165) is 61.2 Å². The zero-order valence-electron chi connectivity index (χ0n) is 51.4. The van der Waals surface area contributed by atoms with Crippen LogP contribution in [0.2, 0.25) is 0 Å². The minimum atomic E-state index is -0.634. The minimum Gasteiger partial charge on any atom is -0.466 e. The van der Waals surface area contributed by atoms with Crippen molar-refractivity contribution in [1.82, 2.24) is 9.80 Å². The fourth-order valence-corrected chi connectivity index (χ4v) is 13.9. The first kappa shape index (κ1) is 69.5. The van der Waals surface area contributed by atoms with Gasteiger partial charge in [0.05, 0.1) is 78.4 Å². The third-order valence-corrected chi connectivity index (χ3v) is 18.5. The number of fused-ring (bicyclic) bond motifs is 5. The van der Waals surface area contributed by atoms with Gasteiger partial charge in [-0.3, -0.25) is 28.8 Å². The lowest BCUT2D eigenvalue weighted by atomic mass is 9.44. The van der Waals surface area contributed by atoms with E-state index in [9.17, 15) is 33.6 Å². The molecule has 0 saturated heterocycles. The molecule has 466 valence electrons. The highest BCUT2D eigenvalue weighted by Gasteiger charge is 2.60. The van der Waals surface area contributed by atoms with Gasteiger partial charge in [-0.15, -0.1) is 0 Å². The molecule has 0 N–H and O–H groups in total. The van der Waals surface area contributed by atoms with E-state index in [0.29, 0.717) is 95.6 Å². The Morgan fingerprint density at radius 3 is 1.58 bits per heavy atom. The molecule has 4 aliphatic rings. The maximum atomic E-state index is 13.1. The zero-order valence-corrected chi connectivity index (χ0v) is 51.4. The van der Waals surface area contributed by atoms with Crippen LogP contribution in [0, 0.1) is 52.3 Å². The molecular weight excluding hydrogens is 1040 g/mol. The molecule has 4 fully saturated rings. The van der Waals surface area contributed by atoms with Crippen LogP contribution in [0.3, 0.4) is 0 Å². The summed E-state index contributed by atoms with van der Waals surface area (Å²) in [5, 5.41) is 0. The lowest BCUT2D eigenvalue weighted by molar-refractivity contribution is -0.151. The van der Waals surface area contributed by atoms with Gasteiger partial charge in [0.1, 0.15) is 12.7 Å². The SMILES string of the molecule is CCCC(=O)OCCCCOC(=O)CCN(CCCOC(=O)OC1CC[C@@]2(C)C(CCC3C2CC[C@@]2(C)C3CCC2[C@H](C)CCCC(C)C)C1)CCC(=O)OCCCCOC(=O)CCN(C)CCCOC(=O)CCC(=O)OCCOC. The van der Waals surface area contributed by atoms with E-state index < -0.39 is 18.1 Å². The third-order valence-electron chi connectivity index (χ3n) is 18.5. The molecule has 0 aliphatic heterocycles. The van der Waals surface area contributed by atoms with E-state index in [4.69, 9.17) is 42.6 Å². The van der Waals surface area contributed by atoms with Crippen LogP contribution >= 0.6 is 0 Å². The Morgan fingerprint density at radius 2 is 1.00 bits per heavy atom. The van der Waals surface area contributed by atoms with Crippen LogP contribution in [0.25, 0.3) is 0 Å². The van der Waals surface area contributed by atoms with Crippen molar-refractivity contribution in [2.75, 3.05) is 99.7 Å². The van der Waals surface area contributed by atoms with Gasteiger partial charge < -0.3 is 52.4 Å². The van der Waals surface area contributed by atoms with Crippen LogP contribution in [0.15, 0.2) is 0 Å². The maximum Gasteiger partial charge on any atom is 0.508 e. The normalized spacial score (nSPS) is 24.3. The van der Waals surface area contributed by atoms with Gasteiger partial charge in [0.15, 0.2) is 0 Å². The molecular formula is C63H108N2O16. The first-order valence-corrected chi connectivity index (χ1v) is 31.5. The Morgan fingerprint density at radius 1 is 0.494 bits per heavy atom. The molecule has 9 atom stereocenters. The molecule has 0 heterocycles. The molecule has 4 rings (SSSR count). The van der Waals surface area contributed by atoms with E-state index in [1.54, 1.807) is 0 Å². The molecule has 18 heteroatoms. The van der Waals surface area contributed by atoms with Crippen LogP contribution in [0.4, 0.5) is 4.79 Å². The van der Waals surface area contributed by atoms with Crippen molar-refractivity contribution < 1.29 is 76.2 Å². The first-order valence-electron chi connectivity index (χ1n) is 31.5. The van der Waals surface area contributed by atoms with Crippen molar-refractivity contribution in [3.63, 3.8) is 0 Å². The lowest BCUT2D eigenvalue weighted by Gasteiger charge is -2.61. The van der Waals surface area contributed by atoms with Crippen molar-refractivity contribution in [2.24, 2.45) is 52.3 Å². The number of carbonyl (C=O) groups is 7. The second-order valence-corrected chi connectivity index (χ2v) is 24.9. The standard InChI is InChI=1S/C63H108N2O16/c1-9-17-55(66)74-38-10-11-40-76-59(70)29-36-65(37-30-60(71)77-41-13-12-39-75-58(69)28-35-64(7)33-15-42-78-56(67)24-25-57(68)79-45-44-73-8)34-16-43-80-61(72)81-50-26-31-62(5)49(46-50)20-21-51-53-23-22-52(48(4)19-14-18-47(2)3)63(53,6)32-27-54(51)62/h47-54H,9-46H2,1-8H3/t48-,49?,50?,51?,52?,53?,54?,62+,63-/m1/s1. The topological polar surface area (TPSA) is 209 Å². The molecule has 81 heavy (non-hydrogen) atoms. The van der Waals surface area contributed by atoms with Crippen LogP contribution in [0.5, 0.6) is 0 Å². The molecule has 18 nitrogen and oxygen atoms in total. The second-order valence-electron chi connectivity index (χ2n) is 24.9. The highest BCUT2D eigenvalue weighted by molar-refractivity contribution is 5.77. The van der Waals surface area contributed by atoms with Gasteiger partial charge in [-0.05, 0) is 162 Å². The summed E-state index contributed by atoms with van der Waals surface area (Å²) in [6.45, 7) is 18.2. The fourth-order valence-electron chi connectivity index (χ4n) is 13.9. The maximum absolute atomic E-state index is 13.1. The molecule has 0 spiro atoms. The van der Waals surface area contributed by atoms with E-state index in [1.165, 1.54) is 64.9 Å². The van der Waals surface area contributed by atoms with Crippen molar-refractivity contribution in [3.8, 4) is 0 Å². The Kier molecular flexibility index (Phi) is 32.6. The first-order chi connectivity index (χ1) is 38.9. The summed E-state index contributed by atoms with van der Waals surface area (Å²) in [4.78, 5) is 90.1. The highest BCUT2D eigenvalue weighted by atomic mass is 16.7. The number of unbranched alkanes of at least 4 members (excludes halogenated alkanes) is 2. The number of hydrogen-bond acceptors (Lipinski definition) is 18. The van der Waals surface area contributed by atoms with Gasteiger partial charge in [-0.25, -0.2) is 4.79 Å². The summed E-state index contributed by atoms with van der Waals surface area (Å²) in [7, 11) is 3.36. The molecule has 0 amide bonds. The number of hydrogen-bond donors (Lipinski definition) is 0. The van der Waals surface area contributed by atoms with E-state index >= 15 is 0 Å². The quantitative estimate of drug-likeness (QED) is 0.0317. The summed E-state index contributed by atoms with van der Waals surface area (Å²) in [6, 6.07) is 0.